The molecule has 1 heterocycles. The Morgan fingerprint density at radius 3 is 2.76 bits per heavy atom. The highest BCUT2D eigenvalue weighted by Crippen LogP contribution is 2.10. The second-order valence-corrected chi connectivity index (χ2v) is 6.46. The lowest BCUT2D eigenvalue weighted by Gasteiger charge is -2.16. The van der Waals surface area contributed by atoms with Gasteiger partial charge in [0.15, 0.2) is 0 Å². The molecule has 0 saturated carbocycles. The Bertz CT molecular complexity index is 349. The molecule has 1 fully saturated rings. The van der Waals surface area contributed by atoms with Gasteiger partial charge in [-0.1, -0.05) is 0 Å². The van der Waals surface area contributed by atoms with Crippen molar-refractivity contribution in [3.8, 4) is 0 Å². The number of sulfonamides is 1. The third kappa shape index (κ3) is 4.61. The summed E-state index contributed by atoms with van der Waals surface area (Å²) >= 11 is 0. The summed E-state index contributed by atoms with van der Waals surface area (Å²) in [5.74, 6) is -0.289. The molecule has 100 valence electrons. The number of amides is 1. The van der Waals surface area contributed by atoms with Crippen molar-refractivity contribution in [3.05, 3.63) is 0 Å². The average molecular weight is 264 g/mol. The minimum absolute atomic E-state index is 0.00250. The maximum absolute atomic E-state index is 11.5. The van der Waals surface area contributed by atoms with Crippen LogP contribution >= 0.6 is 0 Å². The number of hydrogen-bond acceptors (Lipinski definition) is 4. The van der Waals surface area contributed by atoms with Gasteiger partial charge in [0.2, 0.25) is 15.9 Å². The van der Waals surface area contributed by atoms with Crippen LogP contribution in [-0.4, -0.2) is 57.2 Å². The van der Waals surface area contributed by atoms with Gasteiger partial charge in [-0.15, -0.1) is 0 Å². The van der Waals surface area contributed by atoms with Gasteiger partial charge in [-0.2, -0.15) is 4.31 Å². The lowest BCUT2D eigenvalue weighted by Crippen LogP contribution is -2.41. The predicted molar refractivity (Wildman–Crippen MR) is 64.1 cm³/mol. The number of nitrogens with one attached hydrogen (secondary N) is 1. The quantitative estimate of drug-likeness (QED) is 0.706. The van der Waals surface area contributed by atoms with Crippen molar-refractivity contribution in [1.29, 1.82) is 0 Å². The lowest BCUT2D eigenvalue weighted by atomic mass is 10.2. The molecule has 1 aliphatic rings. The highest BCUT2D eigenvalue weighted by molar-refractivity contribution is 7.89. The summed E-state index contributed by atoms with van der Waals surface area (Å²) in [6.07, 6.45) is 2.04. The maximum Gasteiger partial charge on any atom is 0.235 e. The molecule has 1 atom stereocenters. The van der Waals surface area contributed by atoms with Gasteiger partial charge < -0.3 is 10.1 Å². The molecule has 1 amide bonds. The van der Waals surface area contributed by atoms with E-state index < -0.39 is 10.0 Å². The second kappa shape index (κ2) is 6.32. The Morgan fingerprint density at radius 1 is 1.53 bits per heavy atom. The Balaban J connectivity index is 2.29. The first-order chi connectivity index (χ1) is 7.95. The van der Waals surface area contributed by atoms with Crippen molar-refractivity contribution in [2.24, 2.45) is 0 Å². The van der Waals surface area contributed by atoms with Crippen LogP contribution in [0.4, 0.5) is 0 Å². The molecule has 0 aromatic heterocycles. The van der Waals surface area contributed by atoms with Gasteiger partial charge in [-0.25, -0.2) is 8.42 Å². The van der Waals surface area contributed by atoms with E-state index in [-0.39, 0.29) is 24.3 Å². The molecule has 0 aliphatic carbocycles. The van der Waals surface area contributed by atoms with E-state index in [1.165, 1.54) is 7.05 Å². The zero-order valence-electron chi connectivity index (χ0n) is 10.3. The Labute approximate surface area is 102 Å². The highest BCUT2D eigenvalue weighted by atomic mass is 32.2. The maximum atomic E-state index is 11.5. The van der Waals surface area contributed by atoms with E-state index >= 15 is 0 Å². The van der Waals surface area contributed by atoms with E-state index in [2.05, 4.69) is 5.32 Å². The Hall–Kier alpha value is -0.660. The third-order valence-corrected chi connectivity index (χ3v) is 4.57. The predicted octanol–water partition coefficient (Wildman–Crippen LogP) is -0.437. The molecule has 0 radical (unpaired) electrons. The molecule has 1 aliphatic heterocycles. The van der Waals surface area contributed by atoms with Crippen molar-refractivity contribution in [3.63, 3.8) is 0 Å². The molecule has 0 aromatic rings. The van der Waals surface area contributed by atoms with Crippen LogP contribution in [0, 0.1) is 0 Å². The Morgan fingerprint density at radius 2 is 2.24 bits per heavy atom. The van der Waals surface area contributed by atoms with Crippen molar-refractivity contribution in [2.45, 2.75) is 25.9 Å². The second-order valence-electron chi connectivity index (χ2n) is 4.10. The molecule has 0 bridgehead atoms. The van der Waals surface area contributed by atoms with Crippen LogP contribution < -0.4 is 5.32 Å². The van der Waals surface area contributed by atoms with Gasteiger partial charge in [0.1, 0.15) is 0 Å². The smallest absolute Gasteiger partial charge is 0.235 e. The number of hydrogen-bond donors (Lipinski definition) is 1. The SMILES string of the molecule is CCS(=O)(=O)N(C)CC(=O)NC[C@@H]1CCCO1. The molecule has 7 heteroatoms. The number of rotatable bonds is 6. The lowest BCUT2D eigenvalue weighted by molar-refractivity contribution is -0.121. The monoisotopic (exact) mass is 264 g/mol. The molecule has 17 heavy (non-hydrogen) atoms. The molecular formula is C10H20N2O4S. The largest absolute Gasteiger partial charge is 0.376 e. The molecule has 6 nitrogen and oxygen atoms in total. The van der Waals surface area contributed by atoms with Gasteiger partial charge >= 0.3 is 0 Å². The van der Waals surface area contributed by atoms with Crippen LogP contribution in [0.3, 0.4) is 0 Å². The summed E-state index contributed by atoms with van der Waals surface area (Å²) in [7, 11) is -1.88. The summed E-state index contributed by atoms with van der Waals surface area (Å²) in [5, 5.41) is 2.68. The van der Waals surface area contributed by atoms with Crippen molar-refractivity contribution < 1.29 is 17.9 Å². The van der Waals surface area contributed by atoms with E-state index in [0.717, 1.165) is 23.8 Å². The summed E-state index contributed by atoms with van der Waals surface area (Å²) in [6.45, 7) is 2.61. The number of likely N-dealkylation sites (N-methyl/N-ethyl adjacent to an activating group) is 1. The summed E-state index contributed by atoms with van der Waals surface area (Å²) in [4.78, 5) is 11.5. The van der Waals surface area contributed by atoms with E-state index in [1.54, 1.807) is 6.92 Å². The molecule has 1 N–H and O–H groups in total. The fourth-order valence-corrected chi connectivity index (χ4v) is 2.36. The summed E-state index contributed by atoms with van der Waals surface area (Å²) in [6, 6.07) is 0. The molecule has 0 spiro atoms. The van der Waals surface area contributed by atoms with Crippen LogP contribution in [0.2, 0.25) is 0 Å². The first kappa shape index (κ1) is 14.4. The molecule has 0 unspecified atom stereocenters. The zero-order chi connectivity index (χ0) is 12.9. The zero-order valence-corrected chi connectivity index (χ0v) is 11.1. The fraction of sp³-hybridized carbons (Fsp3) is 0.900. The van der Waals surface area contributed by atoms with Crippen LogP contribution in [0.1, 0.15) is 19.8 Å². The standard InChI is InChI=1S/C10H20N2O4S/c1-3-17(14,15)12(2)8-10(13)11-7-9-5-4-6-16-9/h9H,3-8H2,1-2H3,(H,11,13)/t9-/m0/s1. The molecule has 1 rings (SSSR count). The van der Waals surface area contributed by atoms with Crippen LogP contribution in [-0.2, 0) is 19.6 Å². The average Bonchev–Trinajstić information content (AvgIpc) is 2.79. The van der Waals surface area contributed by atoms with Crippen molar-refractivity contribution >= 4 is 15.9 Å². The van der Waals surface area contributed by atoms with E-state index in [1.807, 2.05) is 0 Å². The van der Waals surface area contributed by atoms with Crippen molar-refractivity contribution in [1.82, 2.24) is 9.62 Å². The van der Waals surface area contributed by atoms with Gasteiger partial charge in [0, 0.05) is 20.2 Å². The van der Waals surface area contributed by atoms with Crippen LogP contribution in [0.5, 0.6) is 0 Å². The molecule has 0 aromatic carbocycles. The van der Waals surface area contributed by atoms with E-state index in [0.29, 0.717) is 6.54 Å². The van der Waals surface area contributed by atoms with Gasteiger partial charge in [0.25, 0.3) is 0 Å². The minimum atomic E-state index is -3.29. The van der Waals surface area contributed by atoms with Gasteiger partial charge in [-0.3, -0.25) is 4.79 Å². The molecular weight excluding hydrogens is 244 g/mol. The summed E-state index contributed by atoms with van der Waals surface area (Å²) in [5.41, 5.74) is 0. The number of nitrogens with zero attached hydrogens (tertiary/aromatic N) is 1. The third-order valence-electron chi connectivity index (χ3n) is 2.76. The number of carbonyl (C=O) groups is 1. The molecule has 1 saturated heterocycles. The topological polar surface area (TPSA) is 75.7 Å². The first-order valence-electron chi connectivity index (χ1n) is 5.78. The van der Waals surface area contributed by atoms with Crippen LogP contribution in [0.25, 0.3) is 0 Å². The summed E-state index contributed by atoms with van der Waals surface area (Å²) < 4.78 is 29.3. The van der Waals surface area contributed by atoms with E-state index in [4.69, 9.17) is 4.74 Å². The highest BCUT2D eigenvalue weighted by Gasteiger charge is 2.20. The number of ether oxygens (including phenoxy) is 1. The minimum Gasteiger partial charge on any atom is -0.376 e. The fourth-order valence-electron chi connectivity index (χ4n) is 1.61. The van der Waals surface area contributed by atoms with E-state index in [9.17, 15) is 13.2 Å². The first-order valence-corrected chi connectivity index (χ1v) is 7.39. The number of carbonyl (C=O) groups excluding carboxylic acids is 1. The normalized spacial score (nSPS) is 20.8. The van der Waals surface area contributed by atoms with Crippen LogP contribution in [0.15, 0.2) is 0 Å². The van der Waals surface area contributed by atoms with Gasteiger partial charge in [-0.05, 0) is 19.8 Å². The Kier molecular flexibility index (Phi) is 5.35. The van der Waals surface area contributed by atoms with Gasteiger partial charge in [0.05, 0.1) is 18.4 Å². The van der Waals surface area contributed by atoms with Crippen molar-refractivity contribution in [2.75, 3.05) is 32.5 Å².